The highest BCUT2D eigenvalue weighted by Crippen LogP contribution is 2.16. The van der Waals surface area contributed by atoms with Gasteiger partial charge < -0.3 is 0 Å². The van der Waals surface area contributed by atoms with E-state index in [2.05, 4.69) is 10.5 Å². The minimum Gasteiger partial charge on any atom is -0.273 e. The SMILES string of the molecule is O=C(Cc1ccc2ccccc2c1)N/N=C/c1ccccc1[N+](=O)[O-]. The summed E-state index contributed by atoms with van der Waals surface area (Å²) in [5, 5.41) is 16.9. The molecule has 0 aliphatic rings. The Kier molecular flexibility index (Phi) is 4.80. The van der Waals surface area contributed by atoms with Gasteiger partial charge in [-0.1, -0.05) is 54.6 Å². The molecule has 0 spiro atoms. The Morgan fingerprint density at radius 2 is 1.76 bits per heavy atom. The van der Waals surface area contributed by atoms with Gasteiger partial charge in [0.2, 0.25) is 5.91 Å². The molecule has 0 unspecified atom stereocenters. The van der Waals surface area contributed by atoms with Gasteiger partial charge in [-0.2, -0.15) is 5.10 Å². The summed E-state index contributed by atoms with van der Waals surface area (Å²) in [7, 11) is 0. The van der Waals surface area contributed by atoms with E-state index in [1.165, 1.54) is 12.3 Å². The molecular weight excluding hydrogens is 318 g/mol. The maximum atomic E-state index is 12.0. The first-order chi connectivity index (χ1) is 12.1. The fourth-order valence-electron chi connectivity index (χ4n) is 2.51. The standard InChI is InChI=1S/C19H15N3O3/c23-19(12-14-9-10-15-5-1-2-6-16(15)11-14)21-20-13-17-7-3-4-8-18(17)22(24)25/h1-11,13H,12H2,(H,21,23)/b20-13+. The number of hydrogen-bond donors (Lipinski definition) is 1. The van der Waals surface area contributed by atoms with Crippen LogP contribution in [0.1, 0.15) is 11.1 Å². The lowest BCUT2D eigenvalue weighted by Crippen LogP contribution is -2.19. The maximum Gasteiger partial charge on any atom is 0.278 e. The highest BCUT2D eigenvalue weighted by molar-refractivity contribution is 5.88. The molecule has 6 heteroatoms. The molecule has 0 heterocycles. The van der Waals surface area contributed by atoms with E-state index in [0.717, 1.165) is 16.3 Å². The van der Waals surface area contributed by atoms with Crippen LogP contribution in [-0.2, 0) is 11.2 Å². The Morgan fingerprint density at radius 3 is 2.56 bits per heavy atom. The van der Waals surface area contributed by atoms with E-state index in [1.54, 1.807) is 18.2 Å². The highest BCUT2D eigenvalue weighted by atomic mass is 16.6. The summed E-state index contributed by atoms with van der Waals surface area (Å²) in [5.74, 6) is -0.287. The molecule has 1 amide bonds. The van der Waals surface area contributed by atoms with Crippen LogP contribution in [0, 0.1) is 10.1 Å². The number of hydrogen-bond acceptors (Lipinski definition) is 4. The third kappa shape index (κ3) is 4.06. The van der Waals surface area contributed by atoms with Crippen molar-refractivity contribution < 1.29 is 9.72 Å². The molecule has 0 saturated heterocycles. The summed E-state index contributed by atoms with van der Waals surface area (Å²) in [6, 6.07) is 19.9. The van der Waals surface area contributed by atoms with Gasteiger partial charge in [-0.15, -0.1) is 0 Å². The lowest BCUT2D eigenvalue weighted by molar-refractivity contribution is -0.385. The van der Waals surface area contributed by atoms with Crippen LogP contribution in [0.5, 0.6) is 0 Å². The van der Waals surface area contributed by atoms with Gasteiger partial charge in [0.05, 0.1) is 23.1 Å². The lowest BCUT2D eigenvalue weighted by atomic mass is 10.1. The molecule has 0 aromatic heterocycles. The van der Waals surface area contributed by atoms with E-state index in [0.29, 0.717) is 5.56 Å². The van der Waals surface area contributed by atoms with Gasteiger partial charge >= 0.3 is 0 Å². The topological polar surface area (TPSA) is 84.6 Å². The predicted molar refractivity (Wildman–Crippen MR) is 96.5 cm³/mol. The van der Waals surface area contributed by atoms with E-state index in [-0.39, 0.29) is 18.0 Å². The van der Waals surface area contributed by atoms with Crippen LogP contribution in [0.25, 0.3) is 10.8 Å². The number of nitro benzene ring substituents is 1. The Balaban J connectivity index is 1.65. The molecule has 0 saturated carbocycles. The van der Waals surface area contributed by atoms with E-state index in [9.17, 15) is 14.9 Å². The minimum atomic E-state index is -0.488. The normalized spacial score (nSPS) is 10.9. The van der Waals surface area contributed by atoms with Crippen LogP contribution < -0.4 is 5.43 Å². The van der Waals surface area contributed by atoms with E-state index in [1.807, 2.05) is 42.5 Å². The zero-order valence-corrected chi connectivity index (χ0v) is 13.3. The molecule has 1 N–H and O–H groups in total. The number of hydrazone groups is 1. The van der Waals surface area contributed by atoms with Gasteiger partial charge in [0.15, 0.2) is 0 Å². The van der Waals surface area contributed by atoms with Crippen molar-refractivity contribution in [2.75, 3.05) is 0 Å². The van der Waals surface area contributed by atoms with Gasteiger partial charge in [0, 0.05) is 6.07 Å². The number of nitrogens with one attached hydrogen (secondary N) is 1. The number of para-hydroxylation sites is 1. The van der Waals surface area contributed by atoms with Crippen LogP contribution >= 0.6 is 0 Å². The van der Waals surface area contributed by atoms with Gasteiger partial charge in [0.25, 0.3) is 5.69 Å². The summed E-state index contributed by atoms with van der Waals surface area (Å²) >= 11 is 0. The number of benzene rings is 3. The second-order valence-electron chi connectivity index (χ2n) is 5.47. The molecule has 0 aliphatic heterocycles. The number of fused-ring (bicyclic) bond motifs is 1. The van der Waals surface area contributed by atoms with Crippen molar-refractivity contribution in [3.05, 3.63) is 88.0 Å². The van der Waals surface area contributed by atoms with Crippen molar-refractivity contribution in [2.45, 2.75) is 6.42 Å². The monoisotopic (exact) mass is 333 g/mol. The molecule has 0 fully saturated rings. The molecule has 124 valence electrons. The molecular formula is C19H15N3O3. The summed E-state index contributed by atoms with van der Waals surface area (Å²) in [5.41, 5.74) is 3.55. The fraction of sp³-hybridized carbons (Fsp3) is 0.0526. The molecule has 3 aromatic rings. The number of nitro groups is 1. The maximum absolute atomic E-state index is 12.0. The van der Waals surface area contributed by atoms with E-state index < -0.39 is 4.92 Å². The first kappa shape index (κ1) is 16.3. The van der Waals surface area contributed by atoms with Gasteiger partial charge in [0.1, 0.15) is 0 Å². The smallest absolute Gasteiger partial charge is 0.273 e. The highest BCUT2D eigenvalue weighted by Gasteiger charge is 2.10. The molecule has 0 bridgehead atoms. The first-order valence-electron chi connectivity index (χ1n) is 7.66. The average Bonchev–Trinajstić information content (AvgIpc) is 2.62. The zero-order chi connectivity index (χ0) is 17.6. The van der Waals surface area contributed by atoms with Gasteiger partial charge in [-0.3, -0.25) is 14.9 Å². The van der Waals surface area contributed by atoms with Crippen molar-refractivity contribution >= 4 is 28.6 Å². The predicted octanol–water partition coefficient (Wildman–Crippen LogP) is 3.44. The molecule has 3 aromatic carbocycles. The number of amides is 1. The van der Waals surface area contributed by atoms with Crippen LogP contribution in [0.2, 0.25) is 0 Å². The molecule has 0 aliphatic carbocycles. The largest absolute Gasteiger partial charge is 0.278 e. The van der Waals surface area contributed by atoms with Gasteiger partial charge in [-0.05, 0) is 22.4 Å². The quantitative estimate of drug-likeness (QED) is 0.441. The Hall–Kier alpha value is -3.54. The summed E-state index contributed by atoms with van der Waals surface area (Å²) in [6.07, 6.45) is 1.45. The van der Waals surface area contributed by atoms with Crippen LogP contribution in [0.3, 0.4) is 0 Å². The number of carbonyl (C=O) groups is 1. The van der Waals surface area contributed by atoms with Crippen molar-refractivity contribution in [3.8, 4) is 0 Å². The summed E-state index contributed by atoms with van der Waals surface area (Å²) in [6.45, 7) is 0. The lowest BCUT2D eigenvalue weighted by Gasteiger charge is -2.03. The van der Waals surface area contributed by atoms with E-state index >= 15 is 0 Å². The van der Waals surface area contributed by atoms with Crippen molar-refractivity contribution in [1.82, 2.24) is 5.43 Å². The molecule has 3 rings (SSSR count). The second kappa shape index (κ2) is 7.35. The number of nitrogens with zero attached hydrogens (tertiary/aromatic N) is 2. The first-order valence-corrected chi connectivity index (χ1v) is 7.66. The second-order valence-corrected chi connectivity index (χ2v) is 5.47. The number of rotatable bonds is 5. The van der Waals surface area contributed by atoms with Crippen molar-refractivity contribution in [2.24, 2.45) is 5.10 Å². The van der Waals surface area contributed by atoms with Crippen molar-refractivity contribution in [1.29, 1.82) is 0 Å². The van der Waals surface area contributed by atoms with Crippen LogP contribution in [0.4, 0.5) is 5.69 Å². The minimum absolute atomic E-state index is 0.0602. The third-order valence-electron chi connectivity index (χ3n) is 3.70. The van der Waals surface area contributed by atoms with E-state index in [4.69, 9.17) is 0 Å². The number of carbonyl (C=O) groups excluding carboxylic acids is 1. The van der Waals surface area contributed by atoms with Gasteiger partial charge in [-0.25, -0.2) is 5.43 Å². The molecule has 0 atom stereocenters. The van der Waals surface area contributed by atoms with Crippen LogP contribution in [-0.4, -0.2) is 17.0 Å². The Morgan fingerprint density at radius 1 is 1.04 bits per heavy atom. The molecule has 25 heavy (non-hydrogen) atoms. The molecule has 0 radical (unpaired) electrons. The van der Waals surface area contributed by atoms with Crippen molar-refractivity contribution in [3.63, 3.8) is 0 Å². The Bertz CT molecular complexity index is 967. The van der Waals surface area contributed by atoms with Crippen LogP contribution in [0.15, 0.2) is 71.8 Å². The average molecular weight is 333 g/mol. The Labute approximate surface area is 143 Å². The summed E-state index contributed by atoms with van der Waals surface area (Å²) < 4.78 is 0. The summed E-state index contributed by atoms with van der Waals surface area (Å²) in [4.78, 5) is 22.4. The fourth-order valence-corrected chi connectivity index (χ4v) is 2.51. The third-order valence-corrected chi connectivity index (χ3v) is 3.70. The zero-order valence-electron chi connectivity index (χ0n) is 13.3. The molecule has 6 nitrogen and oxygen atoms in total.